The number of hydrogen-bond acceptors (Lipinski definition) is 2. The maximum atomic E-state index is 12.2. The largest absolute Gasteiger partial charge is 0.497 e. The van der Waals surface area contributed by atoms with Crippen molar-refractivity contribution in [3.8, 4) is 5.75 Å². The number of ether oxygens (including phenoxy) is 1. The predicted molar refractivity (Wildman–Crippen MR) is 96.7 cm³/mol. The second-order valence-corrected chi connectivity index (χ2v) is 6.07. The quantitative estimate of drug-likeness (QED) is 0.717. The van der Waals surface area contributed by atoms with Crippen LogP contribution in [0.5, 0.6) is 5.75 Å². The van der Waals surface area contributed by atoms with Gasteiger partial charge in [0.15, 0.2) is 0 Å². The van der Waals surface area contributed by atoms with E-state index < -0.39 is 0 Å². The van der Waals surface area contributed by atoms with Gasteiger partial charge in [-0.05, 0) is 47.9 Å². The van der Waals surface area contributed by atoms with Crippen LogP contribution < -0.4 is 10.1 Å². The minimum absolute atomic E-state index is 0.00711. The number of hydrogen-bond donors (Lipinski definition) is 2. The second-order valence-electron chi connectivity index (χ2n) is 5.63. The van der Waals surface area contributed by atoms with E-state index in [1.807, 2.05) is 48.7 Å². The predicted octanol–water partition coefficient (Wildman–Crippen LogP) is 3.73. The fourth-order valence-electron chi connectivity index (χ4n) is 2.66. The molecule has 2 aromatic carbocycles. The number of methoxy groups -OCH3 is 1. The summed E-state index contributed by atoms with van der Waals surface area (Å²) in [5, 5.41) is 4.70. The third kappa shape index (κ3) is 3.89. The van der Waals surface area contributed by atoms with Crippen LogP contribution in [0.3, 0.4) is 0 Å². The molecule has 3 aromatic rings. The first-order chi connectivity index (χ1) is 11.7. The van der Waals surface area contributed by atoms with Crippen molar-refractivity contribution in [3.63, 3.8) is 0 Å². The maximum Gasteiger partial charge on any atom is 0.224 e. The van der Waals surface area contributed by atoms with Crippen molar-refractivity contribution in [1.29, 1.82) is 0 Å². The summed E-state index contributed by atoms with van der Waals surface area (Å²) in [4.78, 5) is 15.4. The molecule has 0 aliphatic carbocycles. The van der Waals surface area contributed by atoms with Crippen LogP contribution in [0.1, 0.15) is 11.1 Å². The van der Waals surface area contributed by atoms with E-state index in [1.165, 1.54) is 0 Å². The highest BCUT2D eigenvalue weighted by molar-refractivity contribution is 6.30. The Labute approximate surface area is 145 Å². The number of aromatic nitrogens is 1. The molecular weight excluding hydrogens is 324 g/mol. The summed E-state index contributed by atoms with van der Waals surface area (Å²) in [6.07, 6.45) is 3.00. The molecule has 24 heavy (non-hydrogen) atoms. The SMILES string of the molecule is COc1ccc2[nH]cc(CC(=O)NCCc3ccc(Cl)cc3)c2c1. The van der Waals surface area contributed by atoms with Gasteiger partial charge in [-0.2, -0.15) is 0 Å². The summed E-state index contributed by atoms with van der Waals surface area (Å²) in [6.45, 7) is 0.603. The number of amides is 1. The summed E-state index contributed by atoms with van der Waals surface area (Å²) in [6, 6.07) is 13.5. The van der Waals surface area contributed by atoms with Crippen LogP contribution in [-0.2, 0) is 17.6 Å². The van der Waals surface area contributed by atoms with Crippen molar-refractivity contribution in [3.05, 3.63) is 64.8 Å². The van der Waals surface area contributed by atoms with Crippen LogP contribution in [0.15, 0.2) is 48.7 Å². The lowest BCUT2D eigenvalue weighted by molar-refractivity contribution is -0.120. The average molecular weight is 343 g/mol. The van der Waals surface area contributed by atoms with Gasteiger partial charge in [-0.15, -0.1) is 0 Å². The lowest BCUT2D eigenvalue weighted by Gasteiger charge is -2.06. The van der Waals surface area contributed by atoms with Crippen LogP contribution >= 0.6 is 11.6 Å². The zero-order valence-corrected chi connectivity index (χ0v) is 14.2. The fourth-order valence-corrected chi connectivity index (χ4v) is 2.79. The third-order valence-electron chi connectivity index (χ3n) is 3.97. The zero-order valence-electron chi connectivity index (χ0n) is 13.4. The first-order valence-corrected chi connectivity index (χ1v) is 8.18. The Hall–Kier alpha value is -2.46. The summed E-state index contributed by atoms with van der Waals surface area (Å²) in [7, 11) is 1.64. The molecule has 0 aliphatic rings. The number of nitrogens with one attached hydrogen (secondary N) is 2. The summed E-state index contributed by atoms with van der Waals surface area (Å²) in [5.41, 5.74) is 3.11. The van der Waals surface area contributed by atoms with Gasteiger partial charge in [0.1, 0.15) is 5.75 Å². The Kier molecular flexibility index (Phi) is 5.06. The second kappa shape index (κ2) is 7.41. The molecule has 1 amide bonds. The van der Waals surface area contributed by atoms with Crippen molar-refractivity contribution >= 4 is 28.4 Å². The number of carbonyl (C=O) groups is 1. The van der Waals surface area contributed by atoms with Crippen molar-refractivity contribution < 1.29 is 9.53 Å². The van der Waals surface area contributed by atoms with Crippen LogP contribution in [0.2, 0.25) is 5.02 Å². The van der Waals surface area contributed by atoms with Gasteiger partial charge in [0, 0.05) is 28.7 Å². The van der Waals surface area contributed by atoms with E-state index >= 15 is 0 Å². The van der Waals surface area contributed by atoms with Crippen LogP contribution in [0, 0.1) is 0 Å². The van der Waals surface area contributed by atoms with E-state index in [9.17, 15) is 4.79 Å². The molecule has 5 heteroatoms. The zero-order chi connectivity index (χ0) is 16.9. The van der Waals surface area contributed by atoms with E-state index in [0.717, 1.165) is 39.2 Å². The molecule has 3 rings (SSSR count). The van der Waals surface area contributed by atoms with E-state index in [0.29, 0.717) is 13.0 Å². The van der Waals surface area contributed by atoms with Crippen LogP contribution in [0.25, 0.3) is 10.9 Å². The molecule has 1 aromatic heterocycles. The Bertz CT molecular complexity index is 840. The van der Waals surface area contributed by atoms with E-state index in [-0.39, 0.29) is 5.91 Å². The molecule has 0 saturated heterocycles. The van der Waals surface area contributed by atoms with Gasteiger partial charge in [0.25, 0.3) is 0 Å². The molecule has 0 spiro atoms. The summed E-state index contributed by atoms with van der Waals surface area (Å²) >= 11 is 5.86. The number of rotatable bonds is 6. The van der Waals surface area contributed by atoms with E-state index in [2.05, 4.69) is 10.3 Å². The molecule has 0 fully saturated rings. The topological polar surface area (TPSA) is 54.1 Å². The maximum absolute atomic E-state index is 12.2. The highest BCUT2D eigenvalue weighted by Crippen LogP contribution is 2.23. The van der Waals surface area contributed by atoms with Gasteiger partial charge in [-0.1, -0.05) is 23.7 Å². The monoisotopic (exact) mass is 342 g/mol. The fraction of sp³-hybridized carbons (Fsp3) is 0.211. The first kappa shape index (κ1) is 16.4. The Morgan fingerprint density at radius 1 is 1.21 bits per heavy atom. The van der Waals surface area contributed by atoms with Gasteiger partial charge in [0.05, 0.1) is 13.5 Å². The number of H-pyrrole nitrogens is 1. The molecule has 0 unspecified atom stereocenters. The first-order valence-electron chi connectivity index (χ1n) is 7.81. The van der Waals surface area contributed by atoms with Crippen molar-refractivity contribution in [1.82, 2.24) is 10.3 Å². The van der Waals surface area contributed by atoms with Gasteiger partial charge < -0.3 is 15.0 Å². The van der Waals surface area contributed by atoms with Crippen LogP contribution in [-0.4, -0.2) is 24.5 Å². The van der Waals surface area contributed by atoms with Crippen molar-refractivity contribution in [2.24, 2.45) is 0 Å². The average Bonchev–Trinajstić information content (AvgIpc) is 2.98. The normalized spacial score (nSPS) is 10.8. The Morgan fingerprint density at radius 3 is 2.75 bits per heavy atom. The van der Waals surface area contributed by atoms with Gasteiger partial charge in [0.2, 0.25) is 5.91 Å². The third-order valence-corrected chi connectivity index (χ3v) is 4.23. The standard InChI is InChI=1S/C19H19ClN2O2/c1-24-16-6-7-18-17(11-16)14(12-22-18)10-19(23)21-9-8-13-2-4-15(20)5-3-13/h2-7,11-12,22H,8-10H2,1H3,(H,21,23). The number of carbonyl (C=O) groups excluding carboxylic acids is 1. The van der Waals surface area contributed by atoms with E-state index in [4.69, 9.17) is 16.3 Å². The van der Waals surface area contributed by atoms with Gasteiger partial charge in [-0.3, -0.25) is 4.79 Å². The van der Waals surface area contributed by atoms with Crippen molar-refractivity contribution in [2.45, 2.75) is 12.8 Å². The Balaban J connectivity index is 1.57. The molecule has 0 saturated carbocycles. The van der Waals surface area contributed by atoms with Gasteiger partial charge >= 0.3 is 0 Å². The smallest absolute Gasteiger partial charge is 0.224 e. The van der Waals surface area contributed by atoms with Crippen molar-refractivity contribution in [2.75, 3.05) is 13.7 Å². The highest BCUT2D eigenvalue weighted by Gasteiger charge is 2.09. The highest BCUT2D eigenvalue weighted by atomic mass is 35.5. The number of halogens is 1. The molecule has 4 nitrogen and oxygen atoms in total. The molecule has 0 bridgehead atoms. The molecular formula is C19H19ClN2O2. The lowest BCUT2D eigenvalue weighted by atomic mass is 10.1. The molecule has 2 N–H and O–H groups in total. The summed E-state index contributed by atoms with van der Waals surface area (Å²) < 4.78 is 5.25. The minimum atomic E-state index is 0.00711. The molecule has 0 atom stereocenters. The number of fused-ring (bicyclic) bond motifs is 1. The summed E-state index contributed by atoms with van der Waals surface area (Å²) in [5.74, 6) is 0.791. The number of aromatic amines is 1. The van der Waals surface area contributed by atoms with Gasteiger partial charge in [-0.25, -0.2) is 0 Å². The molecule has 0 radical (unpaired) electrons. The Morgan fingerprint density at radius 2 is 2.00 bits per heavy atom. The molecule has 0 aliphatic heterocycles. The van der Waals surface area contributed by atoms with Crippen LogP contribution in [0.4, 0.5) is 0 Å². The van der Waals surface area contributed by atoms with E-state index in [1.54, 1.807) is 7.11 Å². The molecule has 1 heterocycles. The number of benzene rings is 2. The lowest BCUT2D eigenvalue weighted by Crippen LogP contribution is -2.27. The minimum Gasteiger partial charge on any atom is -0.497 e. The molecule has 124 valence electrons.